The Hall–Kier alpha value is -1.88. The van der Waals surface area contributed by atoms with E-state index >= 15 is 0 Å². The van der Waals surface area contributed by atoms with Gasteiger partial charge in [0.15, 0.2) is 5.82 Å². The SMILES string of the molecule is CCOC1CC(Nc2ccccc2-c2nncn2C)C1. The van der Waals surface area contributed by atoms with Crippen LogP contribution in [0.15, 0.2) is 30.6 Å². The van der Waals surface area contributed by atoms with Crippen LogP contribution in [0.25, 0.3) is 11.4 Å². The maximum Gasteiger partial charge on any atom is 0.165 e. The molecule has 0 amide bonds. The van der Waals surface area contributed by atoms with E-state index < -0.39 is 0 Å². The van der Waals surface area contributed by atoms with Crippen molar-refractivity contribution in [1.82, 2.24) is 14.8 Å². The summed E-state index contributed by atoms with van der Waals surface area (Å²) in [6, 6.07) is 8.73. The molecule has 0 radical (unpaired) electrons. The highest BCUT2D eigenvalue weighted by Crippen LogP contribution is 2.31. The predicted octanol–water partition coefficient (Wildman–Crippen LogP) is 2.46. The van der Waals surface area contributed by atoms with Crippen LogP contribution in [0.4, 0.5) is 5.69 Å². The van der Waals surface area contributed by atoms with Gasteiger partial charge in [-0.15, -0.1) is 10.2 Å². The highest BCUT2D eigenvalue weighted by Gasteiger charge is 2.29. The van der Waals surface area contributed by atoms with Crippen molar-refractivity contribution in [2.24, 2.45) is 7.05 Å². The molecule has 1 aromatic heterocycles. The molecule has 3 rings (SSSR count). The Morgan fingerprint density at radius 3 is 2.85 bits per heavy atom. The highest BCUT2D eigenvalue weighted by atomic mass is 16.5. The fourth-order valence-electron chi connectivity index (χ4n) is 2.61. The average Bonchev–Trinajstić information content (AvgIpc) is 2.83. The van der Waals surface area contributed by atoms with Crippen molar-refractivity contribution in [1.29, 1.82) is 0 Å². The van der Waals surface area contributed by atoms with Crippen molar-refractivity contribution in [2.45, 2.75) is 31.9 Å². The summed E-state index contributed by atoms with van der Waals surface area (Å²) in [6.45, 7) is 2.84. The zero-order valence-electron chi connectivity index (χ0n) is 11.9. The van der Waals surface area contributed by atoms with Crippen molar-refractivity contribution in [3.05, 3.63) is 30.6 Å². The van der Waals surface area contributed by atoms with Gasteiger partial charge in [-0.2, -0.15) is 0 Å². The Labute approximate surface area is 119 Å². The van der Waals surface area contributed by atoms with Gasteiger partial charge in [-0.05, 0) is 31.9 Å². The lowest BCUT2D eigenvalue weighted by Gasteiger charge is -2.36. The number of hydrogen-bond acceptors (Lipinski definition) is 4. The molecule has 2 aromatic rings. The van der Waals surface area contributed by atoms with Crippen molar-refractivity contribution in [3.8, 4) is 11.4 Å². The molecule has 0 unspecified atom stereocenters. The van der Waals surface area contributed by atoms with E-state index in [4.69, 9.17) is 4.74 Å². The number of anilines is 1. The molecule has 1 aliphatic carbocycles. The maximum absolute atomic E-state index is 5.60. The number of hydrogen-bond donors (Lipinski definition) is 1. The second kappa shape index (κ2) is 5.63. The Kier molecular flexibility index (Phi) is 3.69. The largest absolute Gasteiger partial charge is 0.382 e. The zero-order valence-corrected chi connectivity index (χ0v) is 11.9. The summed E-state index contributed by atoms with van der Waals surface area (Å²) in [5, 5.41) is 11.7. The molecule has 106 valence electrons. The Morgan fingerprint density at radius 1 is 1.35 bits per heavy atom. The smallest absolute Gasteiger partial charge is 0.165 e. The van der Waals surface area contributed by atoms with Crippen molar-refractivity contribution >= 4 is 5.69 Å². The van der Waals surface area contributed by atoms with Crippen LogP contribution in [0.3, 0.4) is 0 Å². The van der Waals surface area contributed by atoms with Crippen LogP contribution in [0.1, 0.15) is 19.8 Å². The number of rotatable bonds is 5. The maximum atomic E-state index is 5.60. The molecule has 1 aliphatic rings. The van der Waals surface area contributed by atoms with Gasteiger partial charge < -0.3 is 14.6 Å². The second-order valence-electron chi connectivity index (χ2n) is 5.20. The first-order chi connectivity index (χ1) is 9.78. The quantitative estimate of drug-likeness (QED) is 0.908. The van der Waals surface area contributed by atoms with E-state index in [1.54, 1.807) is 6.33 Å². The number of para-hydroxylation sites is 1. The third kappa shape index (κ3) is 2.54. The number of nitrogens with zero attached hydrogens (tertiary/aromatic N) is 3. The summed E-state index contributed by atoms with van der Waals surface area (Å²) in [4.78, 5) is 0. The Balaban J connectivity index is 1.73. The minimum atomic E-state index is 0.416. The van der Waals surface area contributed by atoms with Gasteiger partial charge >= 0.3 is 0 Å². The molecule has 1 fully saturated rings. The van der Waals surface area contributed by atoms with Crippen molar-refractivity contribution in [2.75, 3.05) is 11.9 Å². The Bertz CT molecular complexity index is 575. The molecule has 5 heteroatoms. The molecule has 1 aromatic carbocycles. The first-order valence-electron chi connectivity index (χ1n) is 7.09. The molecule has 1 heterocycles. The van der Waals surface area contributed by atoms with E-state index in [1.807, 2.05) is 30.7 Å². The summed E-state index contributed by atoms with van der Waals surface area (Å²) >= 11 is 0. The minimum absolute atomic E-state index is 0.416. The molecule has 0 atom stereocenters. The van der Waals surface area contributed by atoms with Crippen LogP contribution in [-0.2, 0) is 11.8 Å². The van der Waals surface area contributed by atoms with Gasteiger partial charge in [0, 0.05) is 30.9 Å². The van der Waals surface area contributed by atoms with Crippen LogP contribution in [0, 0.1) is 0 Å². The van der Waals surface area contributed by atoms with E-state index in [2.05, 4.69) is 27.6 Å². The second-order valence-corrected chi connectivity index (χ2v) is 5.20. The van der Waals surface area contributed by atoms with Crippen LogP contribution in [0.5, 0.6) is 0 Å². The van der Waals surface area contributed by atoms with E-state index in [0.29, 0.717) is 12.1 Å². The number of benzene rings is 1. The summed E-state index contributed by atoms with van der Waals surface area (Å²) < 4.78 is 7.54. The molecular weight excluding hydrogens is 252 g/mol. The molecule has 0 saturated heterocycles. The molecule has 1 N–H and O–H groups in total. The van der Waals surface area contributed by atoms with Gasteiger partial charge in [-0.25, -0.2) is 0 Å². The fourth-order valence-corrected chi connectivity index (χ4v) is 2.61. The topological polar surface area (TPSA) is 52.0 Å². The van der Waals surface area contributed by atoms with E-state index in [1.165, 1.54) is 0 Å². The average molecular weight is 272 g/mol. The number of aryl methyl sites for hydroxylation is 1. The predicted molar refractivity (Wildman–Crippen MR) is 78.5 cm³/mol. The number of nitrogens with one attached hydrogen (secondary N) is 1. The highest BCUT2D eigenvalue weighted by molar-refractivity contribution is 5.73. The molecule has 0 aliphatic heterocycles. The number of aromatic nitrogens is 3. The van der Waals surface area contributed by atoms with Gasteiger partial charge in [0.25, 0.3) is 0 Å². The van der Waals surface area contributed by atoms with Gasteiger partial charge in [0.1, 0.15) is 6.33 Å². The lowest BCUT2D eigenvalue weighted by atomic mass is 9.88. The summed E-state index contributed by atoms with van der Waals surface area (Å²) in [5.74, 6) is 0.883. The monoisotopic (exact) mass is 272 g/mol. The molecule has 0 bridgehead atoms. The van der Waals surface area contributed by atoms with Crippen LogP contribution in [-0.4, -0.2) is 33.5 Å². The van der Waals surface area contributed by atoms with Crippen molar-refractivity contribution < 1.29 is 4.74 Å². The molecule has 1 saturated carbocycles. The number of ether oxygens (including phenoxy) is 1. The van der Waals surface area contributed by atoms with Crippen LogP contribution < -0.4 is 5.32 Å². The van der Waals surface area contributed by atoms with Gasteiger partial charge in [0.05, 0.1) is 6.10 Å². The van der Waals surface area contributed by atoms with E-state index in [0.717, 1.165) is 36.5 Å². The van der Waals surface area contributed by atoms with Gasteiger partial charge in [-0.1, -0.05) is 12.1 Å². The normalized spacial score (nSPS) is 21.5. The van der Waals surface area contributed by atoms with Crippen LogP contribution >= 0.6 is 0 Å². The molecule has 5 nitrogen and oxygen atoms in total. The van der Waals surface area contributed by atoms with Gasteiger partial charge in [0.2, 0.25) is 0 Å². The summed E-state index contributed by atoms with van der Waals surface area (Å²) in [7, 11) is 1.96. The first-order valence-corrected chi connectivity index (χ1v) is 7.09. The molecule has 0 spiro atoms. The van der Waals surface area contributed by atoms with E-state index in [9.17, 15) is 0 Å². The molecule has 20 heavy (non-hydrogen) atoms. The minimum Gasteiger partial charge on any atom is -0.382 e. The fraction of sp³-hybridized carbons (Fsp3) is 0.467. The third-order valence-electron chi connectivity index (χ3n) is 3.74. The molecular formula is C15H20N4O. The van der Waals surface area contributed by atoms with Gasteiger partial charge in [-0.3, -0.25) is 0 Å². The van der Waals surface area contributed by atoms with Crippen molar-refractivity contribution in [3.63, 3.8) is 0 Å². The lowest BCUT2D eigenvalue weighted by Crippen LogP contribution is -2.40. The van der Waals surface area contributed by atoms with E-state index in [-0.39, 0.29) is 0 Å². The van der Waals surface area contributed by atoms with Crippen LogP contribution in [0.2, 0.25) is 0 Å². The summed E-state index contributed by atoms with van der Waals surface area (Å²) in [5.41, 5.74) is 2.20. The standard InChI is InChI=1S/C15H20N4O/c1-3-20-12-8-11(9-12)17-14-7-5-4-6-13(14)15-18-16-10-19(15)2/h4-7,10-12,17H,3,8-9H2,1-2H3. The summed E-state index contributed by atoms with van der Waals surface area (Å²) in [6.07, 6.45) is 4.28. The third-order valence-corrected chi connectivity index (χ3v) is 3.74. The lowest BCUT2D eigenvalue weighted by molar-refractivity contribution is 0.00300. The first kappa shape index (κ1) is 13.1. The zero-order chi connectivity index (χ0) is 13.9. The Morgan fingerprint density at radius 2 is 2.15 bits per heavy atom.